The maximum Gasteiger partial charge on any atom is 0.274 e. The molecule has 0 spiro atoms. The van der Waals surface area contributed by atoms with E-state index in [9.17, 15) is 9.59 Å². The van der Waals surface area contributed by atoms with Gasteiger partial charge in [-0.2, -0.15) is 0 Å². The molecule has 1 N–H and O–H groups in total. The van der Waals surface area contributed by atoms with Crippen LogP contribution in [0.1, 0.15) is 37.8 Å². The molecular formula is C25H24BrN3O2S. The molecule has 1 aliphatic heterocycles. The third kappa shape index (κ3) is 4.11. The van der Waals surface area contributed by atoms with E-state index in [1.165, 1.54) is 0 Å². The van der Waals surface area contributed by atoms with Gasteiger partial charge in [-0.3, -0.25) is 9.59 Å². The molecule has 7 heteroatoms. The van der Waals surface area contributed by atoms with E-state index in [0.29, 0.717) is 29.6 Å². The van der Waals surface area contributed by atoms with Crippen molar-refractivity contribution in [2.45, 2.75) is 26.3 Å². The zero-order valence-electron chi connectivity index (χ0n) is 18.0. The van der Waals surface area contributed by atoms with E-state index < -0.39 is 0 Å². The van der Waals surface area contributed by atoms with E-state index >= 15 is 0 Å². The monoisotopic (exact) mass is 509 g/mol. The zero-order chi connectivity index (χ0) is 22.4. The Hall–Kier alpha value is -2.51. The molecular weight excluding hydrogens is 486 g/mol. The highest BCUT2D eigenvalue weighted by atomic mass is 79.9. The van der Waals surface area contributed by atoms with Crippen LogP contribution in [0, 0.1) is 25.7 Å². The van der Waals surface area contributed by atoms with Crippen molar-refractivity contribution in [3.05, 3.63) is 74.8 Å². The molecule has 0 radical (unpaired) electrons. The van der Waals surface area contributed by atoms with Crippen molar-refractivity contribution >= 4 is 39.1 Å². The average molecular weight is 510 g/mol. The lowest BCUT2D eigenvalue weighted by Crippen LogP contribution is -2.45. The van der Waals surface area contributed by atoms with Gasteiger partial charge in [0.05, 0.1) is 15.9 Å². The molecule has 1 saturated heterocycles. The predicted octanol–water partition coefficient (Wildman–Crippen LogP) is 5.08. The lowest BCUT2D eigenvalue weighted by Gasteiger charge is -2.27. The fourth-order valence-corrected chi connectivity index (χ4v) is 5.83. The van der Waals surface area contributed by atoms with Crippen LogP contribution in [0.5, 0.6) is 0 Å². The fraction of sp³-hybridized carbons (Fsp3) is 0.320. The summed E-state index contributed by atoms with van der Waals surface area (Å²) in [5.41, 5.74) is 3.34. The lowest BCUT2D eigenvalue weighted by molar-refractivity contribution is 0.0690. The van der Waals surface area contributed by atoms with Gasteiger partial charge in [-0.25, -0.2) is 4.98 Å². The van der Waals surface area contributed by atoms with Crippen molar-refractivity contribution in [2.24, 2.45) is 11.8 Å². The minimum absolute atomic E-state index is 0.0132. The first-order valence-corrected chi connectivity index (χ1v) is 12.4. The first kappa shape index (κ1) is 21.3. The summed E-state index contributed by atoms with van der Waals surface area (Å²) in [5, 5.41) is 3.93. The number of aryl methyl sites for hydroxylation is 2. The number of hydrogen-bond acceptors (Lipinski definition) is 4. The number of benzene rings is 2. The first-order valence-electron chi connectivity index (χ1n) is 10.8. The maximum atomic E-state index is 13.6. The van der Waals surface area contributed by atoms with E-state index in [0.717, 1.165) is 38.4 Å². The van der Waals surface area contributed by atoms with E-state index in [1.54, 1.807) is 23.5 Å². The molecule has 2 fully saturated rings. The minimum atomic E-state index is -0.112. The van der Waals surface area contributed by atoms with Crippen molar-refractivity contribution in [1.82, 2.24) is 15.2 Å². The topological polar surface area (TPSA) is 62.3 Å². The number of rotatable bonds is 5. The number of likely N-dealkylation sites (tertiary alicyclic amines) is 1. The number of nitrogens with one attached hydrogen (secondary N) is 1. The molecule has 2 aromatic carbocycles. The number of amides is 2. The molecule has 32 heavy (non-hydrogen) atoms. The van der Waals surface area contributed by atoms with Crippen molar-refractivity contribution in [3.8, 4) is 10.4 Å². The molecule has 5 nitrogen and oxygen atoms in total. The van der Waals surface area contributed by atoms with Crippen molar-refractivity contribution in [2.75, 3.05) is 13.1 Å². The van der Waals surface area contributed by atoms with Crippen molar-refractivity contribution in [3.63, 3.8) is 0 Å². The molecule has 2 heterocycles. The largest absolute Gasteiger partial charge is 0.350 e. The molecule has 2 amide bonds. The summed E-state index contributed by atoms with van der Waals surface area (Å²) in [6, 6.07) is 15.5. The number of piperidine rings is 1. The molecule has 164 valence electrons. The highest BCUT2D eigenvalue weighted by Gasteiger charge is 2.54. The second kappa shape index (κ2) is 8.45. The summed E-state index contributed by atoms with van der Waals surface area (Å²) in [4.78, 5) is 33.7. The molecule has 5 rings (SSSR count). The van der Waals surface area contributed by atoms with Crippen LogP contribution in [0.3, 0.4) is 0 Å². The lowest BCUT2D eigenvalue weighted by atomic mass is 10.1. The Kier molecular flexibility index (Phi) is 5.63. The Morgan fingerprint density at radius 1 is 1.19 bits per heavy atom. The quantitative estimate of drug-likeness (QED) is 0.521. The van der Waals surface area contributed by atoms with Gasteiger partial charge in [0.15, 0.2) is 0 Å². The van der Waals surface area contributed by atoms with Crippen LogP contribution < -0.4 is 5.32 Å². The van der Waals surface area contributed by atoms with Gasteiger partial charge in [-0.1, -0.05) is 45.8 Å². The summed E-state index contributed by atoms with van der Waals surface area (Å²) in [5.74, 6) is 0.863. The van der Waals surface area contributed by atoms with Gasteiger partial charge >= 0.3 is 0 Å². The molecule has 1 aromatic heterocycles. The van der Waals surface area contributed by atoms with Gasteiger partial charge in [0, 0.05) is 23.1 Å². The maximum absolute atomic E-state index is 13.6. The number of hydrogen-bond donors (Lipinski definition) is 1. The van der Waals surface area contributed by atoms with E-state index in [-0.39, 0.29) is 17.9 Å². The van der Waals surface area contributed by atoms with Crippen LogP contribution in [-0.4, -0.2) is 40.8 Å². The summed E-state index contributed by atoms with van der Waals surface area (Å²) in [6.07, 6.45) is 1.13. The van der Waals surface area contributed by atoms with E-state index in [1.807, 2.05) is 36.1 Å². The Bertz CT molecular complexity index is 1190. The molecule has 2 aliphatic rings. The second-order valence-corrected chi connectivity index (χ2v) is 10.8. The summed E-state index contributed by atoms with van der Waals surface area (Å²) < 4.78 is 0.936. The summed E-state index contributed by atoms with van der Waals surface area (Å²) in [6.45, 7) is 5.20. The Labute approximate surface area is 200 Å². The highest BCUT2D eigenvalue weighted by Crippen LogP contribution is 2.50. The van der Waals surface area contributed by atoms with Gasteiger partial charge in [0.2, 0.25) is 0 Å². The van der Waals surface area contributed by atoms with E-state index in [2.05, 4.69) is 45.3 Å². The van der Waals surface area contributed by atoms with Crippen LogP contribution in [0.4, 0.5) is 0 Å². The molecule has 3 aromatic rings. The SMILES string of the molecule is Cc1cccc(-c2sc(C)nc2C(=O)N2C[C@@H]3C[C@@H]3[C@H]2CNC(=O)c2ccc(Br)cc2)c1. The zero-order valence-corrected chi connectivity index (χ0v) is 20.4. The van der Waals surface area contributed by atoms with Gasteiger partial charge in [-0.05, 0) is 61.9 Å². The fourth-order valence-electron chi connectivity index (χ4n) is 4.66. The molecule has 0 unspecified atom stereocenters. The van der Waals surface area contributed by atoms with Gasteiger partial charge in [-0.15, -0.1) is 11.3 Å². The van der Waals surface area contributed by atoms with Crippen molar-refractivity contribution < 1.29 is 9.59 Å². The van der Waals surface area contributed by atoms with Crippen LogP contribution >= 0.6 is 27.3 Å². The smallest absolute Gasteiger partial charge is 0.274 e. The molecule has 1 saturated carbocycles. The van der Waals surface area contributed by atoms with Crippen LogP contribution in [-0.2, 0) is 0 Å². The van der Waals surface area contributed by atoms with Crippen LogP contribution in [0.15, 0.2) is 53.0 Å². The molecule has 0 bridgehead atoms. The molecule has 3 atom stereocenters. The third-order valence-electron chi connectivity index (χ3n) is 6.36. The van der Waals surface area contributed by atoms with Crippen molar-refractivity contribution in [1.29, 1.82) is 0 Å². The normalized spacial score (nSPS) is 21.3. The van der Waals surface area contributed by atoms with Crippen LogP contribution in [0.2, 0.25) is 0 Å². The Morgan fingerprint density at radius 2 is 1.97 bits per heavy atom. The number of carbonyl (C=O) groups excluding carboxylic acids is 2. The Morgan fingerprint density at radius 3 is 2.72 bits per heavy atom. The highest BCUT2D eigenvalue weighted by molar-refractivity contribution is 9.10. The third-order valence-corrected chi connectivity index (χ3v) is 7.91. The van der Waals surface area contributed by atoms with Gasteiger partial charge < -0.3 is 10.2 Å². The number of thiazole rings is 1. The van der Waals surface area contributed by atoms with Crippen LogP contribution in [0.25, 0.3) is 10.4 Å². The number of aromatic nitrogens is 1. The average Bonchev–Trinajstić information content (AvgIpc) is 3.29. The standard InChI is InChI=1S/C25H24BrN3O2S/c1-14-4-3-5-17(10-14)23-22(28-15(2)32-23)25(31)29-13-18-11-20(18)21(29)12-27-24(30)16-6-8-19(26)9-7-16/h3-10,18,20-21H,11-13H2,1-2H3,(H,27,30)/t18-,20-,21+/m0/s1. The van der Waals surface area contributed by atoms with Gasteiger partial charge in [0.1, 0.15) is 5.69 Å². The summed E-state index contributed by atoms with van der Waals surface area (Å²) in [7, 11) is 0. The number of carbonyl (C=O) groups is 2. The van der Waals surface area contributed by atoms with E-state index in [4.69, 9.17) is 0 Å². The number of nitrogens with zero attached hydrogens (tertiary/aromatic N) is 2. The number of fused-ring (bicyclic) bond motifs is 1. The molecule has 1 aliphatic carbocycles. The first-order chi connectivity index (χ1) is 15.4. The second-order valence-electron chi connectivity index (χ2n) is 8.68. The predicted molar refractivity (Wildman–Crippen MR) is 130 cm³/mol. The van der Waals surface area contributed by atoms with Gasteiger partial charge in [0.25, 0.3) is 11.8 Å². The number of halogens is 1. The summed E-state index contributed by atoms with van der Waals surface area (Å²) >= 11 is 4.96. The Balaban J connectivity index is 1.35. The minimum Gasteiger partial charge on any atom is -0.350 e.